The van der Waals surface area contributed by atoms with Crippen molar-refractivity contribution >= 4 is 15.9 Å². The van der Waals surface area contributed by atoms with Gasteiger partial charge in [-0.1, -0.05) is 13.0 Å². The Morgan fingerprint density at radius 3 is 2.89 bits per heavy atom. The Hall–Kier alpha value is -1.71. The van der Waals surface area contributed by atoms with Crippen LogP contribution in [0.5, 0.6) is 5.88 Å². The number of aryl methyl sites for hydroxylation is 1. The molecule has 0 saturated carbocycles. The number of ether oxygens (including phenoxy) is 2. The number of carbonyl (C=O) groups is 1. The number of carbonyl (C=O) groups excluding carboxylic acids is 1. The summed E-state index contributed by atoms with van der Waals surface area (Å²) in [6, 6.07) is 3.86. The molecule has 4 heterocycles. The van der Waals surface area contributed by atoms with Gasteiger partial charge in [0.1, 0.15) is 6.10 Å². The Morgan fingerprint density at radius 1 is 1.39 bits per heavy atom. The summed E-state index contributed by atoms with van der Waals surface area (Å²) < 4.78 is 36.9. The first kappa shape index (κ1) is 19.6. The third-order valence-electron chi connectivity index (χ3n) is 6.16. The van der Waals surface area contributed by atoms with Crippen molar-refractivity contribution in [2.24, 2.45) is 11.3 Å². The van der Waals surface area contributed by atoms with Gasteiger partial charge in [-0.3, -0.25) is 4.79 Å². The van der Waals surface area contributed by atoms with Crippen molar-refractivity contribution in [3.63, 3.8) is 0 Å². The van der Waals surface area contributed by atoms with Gasteiger partial charge in [0, 0.05) is 44.2 Å². The lowest BCUT2D eigenvalue weighted by Crippen LogP contribution is -2.48. The van der Waals surface area contributed by atoms with Crippen LogP contribution in [0.25, 0.3) is 0 Å². The van der Waals surface area contributed by atoms with Crippen LogP contribution in [0, 0.1) is 11.3 Å². The topological polar surface area (TPSA) is 89.0 Å². The van der Waals surface area contributed by atoms with Gasteiger partial charge in [0.2, 0.25) is 21.8 Å². The highest BCUT2D eigenvalue weighted by atomic mass is 32.2. The zero-order valence-electron chi connectivity index (χ0n) is 16.3. The molecule has 3 atom stereocenters. The molecule has 1 aromatic heterocycles. The van der Waals surface area contributed by atoms with Gasteiger partial charge in [-0.15, -0.1) is 0 Å². The summed E-state index contributed by atoms with van der Waals surface area (Å²) in [5.74, 6) is 0.473. The molecule has 1 amide bonds. The molecule has 28 heavy (non-hydrogen) atoms. The van der Waals surface area contributed by atoms with E-state index in [9.17, 15) is 13.2 Å². The van der Waals surface area contributed by atoms with Gasteiger partial charge in [0.25, 0.3) is 0 Å². The minimum Gasteiger partial charge on any atom is -0.472 e. The first-order valence-electron chi connectivity index (χ1n) is 9.75. The van der Waals surface area contributed by atoms with Gasteiger partial charge in [0.15, 0.2) is 0 Å². The van der Waals surface area contributed by atoms with Crippen molar-refractivity contribution in [3.05, 3.63) is 23.9 Å². The van der Waals surface area contributed by atoms with E-state index in [1.54, 1.807) is 4.90 Å². The molecule has 154 valence electrons. The number of nitrogens with zero attached hydrogens (tertiary/aromatic N) is 3. The molecular weight excluding hydrogens is 382 g/mol. The molecule has 0 spiro atoms. The fourth-order valence-corrected chi connectivity index (χ4v) is 5.34. The molecule has 0 aromatic carbocycles. The summed E-state index contributed by atoms with van der Waals surface area (Å²) >= 11 is 0. The van der Waals surface area contributed by atoms with Crippen LogP contribution >= 0.6 is 0 Å². The second-order valence-corrected chi connectivity index (χ2v) is 10.0. The molecule has 8 nitrogen and oxygen atoms in total. The minimum atomic E-state index is -3.32. The summed E-state index contributed by atoms with van der Waals surface area (Å²) in [6.45, 7) is 4.44. The van der Waals surface area contributed by atoms with E-state index >= 15 is 0 Å². The summed E-state index contributed by atoms with van der Waals surface area (Å²) in [5, 5.41) is 0. The third kappa shape index (κ3) is 3.51. The van der Waals surface area contributed by atoms with E-state index in [1.165, 1.54) is 10.6 Å². The smallest absolute Gasteiger partial charge is 0.233 e. The molecular formula is C19H27N3O5S. The van der Waals surface area contributed by atoms with Gasteiger partial charge in [-0.05, 0) is 12.0 Å². The maximum absolute atomic E-state index is 13.4. The van der Waals surface area contributed by atoms with Crippen molar-refractivity contribution in [1.82, 2.24) is 14.2 Å². The molecule has 3 saturated heterocycles. The molecule has 1 unspecified atom stereocenters. The minimum absolute atomic E-state index is 0.0125. The lowest BCUT2D eigenvalue weighted by Gasteiger charge is -2.30. The lowest BCUT2D eigenvalue weighted by atomic mass is 9.79. The van der Waals surface area contributed by atoms with E-state index in [4.69, 9.17) is 9.47 Å². The van der Waals surface area contributed by atoms with E-state index < -0.39 is 15.4 Å². The fourth-order valence-electron chi connectivity index (χ4n) is 4.43. The van der Waals surface area contributed by atoms with Gasteiger partial charge in [-0.25, -0.2) is 17.7 Å². The van der Waals surface area contributed by atoms with Crippen LogP contribution in [0.1, 0.15) is 18.9 Å². The second kappa shape index (κ2) is 7.27. The maximum Gasteiger partial charge on any atom is 0.233 e. The Balaban J connectivity index is 1.42. The largest absolute Gasteiger partial charge is 0.472 e. The number of fused-ring (bicyclic) bond motifs is 1. The molecule has 1 aromatic rings. The average Bonchev–Trinajstić information content (AvgIpc) is 3.35. The Bertz CT molecular complexity index is 844. The van der Waals surface area contributed by atoms with Gasteiger partial charge in [0.05, 0.1) is 31.4 Å². The van der Waals surface area contributed by atoms with Crippen molar-refractivity contribution in [3.8, 4) is 5.88 Å². The number of pyridine rings is 1. The predicted molar refractivity (Wildman–Crippen MR) is 102 cm³/mol. The number of rotatable bonds is 5. The Labute approximate surface area is 165 Å². The molecule has 0 bridgehead atoms. The molecule has 3 fully saturated rings. The number of hydrogen-bond acceptors (Lipinski definition) is 6. The van der Waals surface area contributed by atoms with Crippen LogP contribution < -0.4 is 4.74 Å². The normalized spacial score (nSPS) is 30.6. The van der Waals surface area contributed by atoms with Crippen molar-refractivity contribution in [1.29, 1.82) is 0 Å². The second-order valence-electron chi connectivity index (χ2n) is 8.06. The van der Waals surface area contributed by atoms with E-state index in [-0.39, 0.29) is 31.1 Å². The van der Waals surface area contributed by atoms with Crippen LogP contribution in [0.3, 0.4) is 0 Å². The summed E-state index contributed by atoms with van der Waals surface area (Å²) in [4.78, 5) is 19.5. The molecule has 4 rings (SSSR count). The zero-order chi connectivity index (χ0) is 19.9. The average molecular weight is 410 g/mol. The Morgan fingerprint density at radius 2 is 2.21 bits per heavy atom. The van der Waals surface area contributed by atoms with Crippen LogP contribution in [-0.2, 0) is 26.0 Å². The predicted octanol–water partition coefficient (Wildman–Crippen LogP) is 0.532. The Kier molecular flexibility index (Phi) is 5.09. The van der Waals surface area contributed by atoms with E-state index in [2.05, 4.69) is 11.9 Å². The van der Waals surface area contributed by atoms with Gasteiger partial charge >= 0.3 is 0 Å². The molecule has 0 radical (unpaired) electrons. The quantitative estimate of drug-likeness (QED) is 0.705. The molecule has 0 N–H and O–H groups in total. The SMILES string of the molecule is CCc1ccc(OC2CCN(C(=O)[C@]34COC[C@H]3CN(S(C)(=O)=O)C4)C2)nc1. The maximum atomic E-state index is 13.4. The van der Waals surface area contributed by atoms with Crippen molar-refractivity contribution < 1.29 is 22.7 Å². The van der Waals surface area contributed by atoms with Crippen molar-refractivity contribution in [2.75, 3.05) is 45.6 Å². The number of sulfonamides is 1. The van der Waals surface area contributed by atoms with Crippen LogP contribution in [0.4, 0.5) is 0 Å². The highest BCUT2D eigenvalue weighted by Crippen LogP contribution is 2.44. The van der Waals surface area contributed by atoms with Crippen LogP contribution in [-0.4, -0.2) is 80.3 Å². The number of hydrogen-bond donors (Lipinski definition) is 0. The number of amides is 1. The molecule has 3 aliphatic heterocycles. The van der Waals surface area contributed by atoms with E-state index in [0.717, 1.165) is 18.4 Å². The lowest BCUT2D eigenvalue weighted by molar-refractivity contribution is -0.141. The monoisotopic (exact) mass is 409 g/mol. The molecule has 3 aliphatic rings. The summed E-state index contributed by atoms with van der Waals surface area (Å²) in [5.41, 5.74) is 0.387. The summed E-state index contributed by atoms with van der Waals surface area (Å²) in [6.07, 6.45) is 4.57. The van der Waals surface area contributed by atoms with Crippen LogP contribution in [0.15, 0.2) is 18.3 Å². The van der Waals surface area contributed by atoms with E-state index in [0.29, 0.717) is 32.1 Å². The van der Waals surface area contributed by atoms with Crippen LogP contribution in [0.2, 0.25) is 0 Å². The van der Waals surface area contributed by atoms with Gasteiger partial charge in [-0.2, -0.15) is 0 Å². The first-order chi connectivity index (χ1) is 13.3. The number of aromatic nitrogens is 1. The number of likely N-dealkylation sites (tertiary alicyclic amines) is 1. The standard InChI is InChI=1S/C19H27N3O5S/c1-3-14-4-5-17(20-8-14)27-16-6-7-21(10-16)18(23)19-12-22(28(2,24)25)9-15(19)11-26-13-19/h4-5,8,15-16H,3,6-7,9-13H2,1-2H3/t15-,16?,19-/m1/s1. The third-order valence-corrected chi connectivity index (χ3v) is 7.38. The van der Waals surface area contributed by atoms with Crippen molar-refractivity contribution in [2.45, 2.75) is 25.9 Å². The highest BCUT2D eigenvalue weighted by Gasteiger charge is 2.59. The van der Waals surface area contributed by atoms with Gasteiger partial charge < -0.3 is 14.4 Å². The molecule has 9 heteroatoms. The zero-order valence-corrected chi connectivity index (χ0v) is 17.2. The fraction of sp³-hybridized carbons (Fsp3) is 0.684. The highest BCUT2D eigenvalue weighted by molar-refractivity contribution is 7.88. The summed E-state index contributed by atoms with van der Waals surface area (Å²) in [7, 11) is -3.32. The molecule has 0 aliphatic carbocycles. The first-order valence-corrected chi connectivity index (χ1v) is 11.6. The van der Waals surface area contributed by atoms with E-state index in [1.807, 2.05) is 18.3 Å².